The summed E-state index contributed by atoms with van der Waals surface area (Å²) in [6.07, 6.45) is 8.73. The van der Waals surface area contributed by atoms with E-state index in [1.165, 1.54) is 43.7 Å². The maximum Gasteiger partial charge on any atom is 0.109 e. The first kappa shape index (κ1) is 12.6. The van der Waals surface area contributed by atoms with Gasteiger partial charge >= 0.3 is 0 Å². The van der Waals surface area contributed by atoms with Crippen molar-refractivity contribution in [1.82, 2.24) is 15.6 Å². The van der Waals surface area contributed by atoms with E-state index in [1.807, 2.05) is 6.20 Å². The minimum atomic E-state index is 0.400. The molecule has 4 heteroatoms. The van der Waals surface area contributed by atoms with Crippen LogP contribution in [0.1, 0.15) is 50.1 Å². The van der Waals surface area contributed by atoms with Crippen molar-refractivity contribution in [1.29, 1.82) is 0 Å². The van der Waals surface area contributed by atoms with Crippen LogP contribution in [0.25, 0.3) is 0 Å². The minimum Gasteiger partial charge on any atom is -0.314 e. The highest BCUT2D eigenvalue weighted by atomic mass is 32.1. The predicted molar refractivity (Wildman–Crippen MR) is 75.8 cm³/mol. The zero-order valence-corrected chi connectivity index (χ0v) is 11.9. The van der Waals surface area contributed by atoms with Crippen LogP contribution in [-0.4, -0.2) is 23.6 Å². The molecule has 0 aromatic carbocycles. The second-order valence-electron chi connectivity index (χ2n) is 5.66. The summed E-state index contributed by atoms with van der Waals surface area (Å²) >= 11 is 1.76. The summed E-state index contributed by atoms with van der Waals surface area (Å²) in [7, 11) is 0. The Kier molecular flexibility index (Phi) is 3.97. The average molecular weight is 265 g/mol. The summed E-state index contributed by atoms with van der Waals surface area (Å²) in [4.78, 5) is 4.42. The zero-order valence-electron chi connectivity index (χ0n) is 11.1. The van der Waals surface area contributed by atoms with Gasteiger partial charge < -0.3 is 10.6 Å². The van der Waals surface area contributed by atoms with Gasteiger partial charge in [-0.3, -0.25) is 0 Å². The number of thiazole rings is 1. The third-order valence-corrected chi connectivity index (χ3v) is 5.43. The molecule has 0 bridgehead atoms. The molecule has 0 radical (unpaired) electrons. The second kappa shape index (κ2) is 5.68. The number of nitrogens with one attached hydrogen (secondary N) is 2. The average Bonchev–Trinajstić information content (AvgIpc) is 3.11. The maximum absolute atomic E-state index is 4.42. The SMILES string of the molecule is CC(NC1CCCC1C1CCCN1)c1nccs1. The molecule has 2 fully saturated rings. The fourth-order valence-corrected chi connectivity index (χ4v) is 4.25. The fraction of sp³-hybridized carbons (Fsp3) is 0.786. The van der Waals surface area contributed by atoms with Gasteiger partial charge in [0.05, 0.1) is 6.04 Å². The number of hydrogen-bond acceptors (Lipinski definition) is 4. The molecular weight excluding hydrogens is 242 g/mol. The Bertz CT molecular complexity index is 359. The van der Waals surface area contributed by atoms with Crippen LogP contribution in [0.2, 0.25) is 0 Å². The Morgan fingerprint density at radius 3 is 3.06 bits per heavy atom. The van der Waals surface area contributed by atoms with Gasteiger partial charge in [0.1, 0.15) is 5.01 Å². The lowest BCUT2D eigenvalue weighted by Gasteiger charge is -2.28. The predicted octanol–water partition coefficient (Wildman–Crippen LogP) is 2.71. The van der Waals surface area contributed by atoms with Gasteiger partial charge in [0, 0.05) is 23.7 Å². The van der Waals surface area contributed by atoms with Crippen LogP contribution in [0.3, 0.4) is 0 Å². The highest BCUT2D eigenvalue weighted by Gasteiger charge is 2.35. The van der Waals surface area contributed by atoms with Crippen LogP contribution in [0.5, 0.6) is 0 Å². The van der Waals surface area contributed by atoms with E-state index >= 15 is 0 Å². The van der Waals surface area contributed by atoms with Crippen molar-refractivity contribution in [3.63, 3.8) is 0 Å². The van der Waals surface area contributed by atoms with Crippen molar-refractivity contribution in [3.8, 4) is 0 Å². The van der Waals surface area contributed by atoms with Crippen molar-refractivity contribution < 1.29 is 0 Å². The molecule has 1 saturated heterocycles. The number of hydrogen-bond donors (Lipinski definition) is 2. The van der Waals surface area contributed by atoms with Gasteiger partial charge in [-0.2, -0.15) is 0 Å². The smallest absolute Gasteiger partial charge is 0.109 e. The third-order valence-electron chi connectivity index (χ3n) is 4.47. The fourth-order valence-electron chi connectivity index (χ4n) is 3.59. The summed E-state index contributed by atoms with van der Waals surface area (Å²) in [5.74, 6) is 0.829. The van der Waals surface area contributed by atoms with Gasteiger partial charge in [0.2, 0.25) is 0 Å². The van der Waals surface area contributed by atoms with Gasteiger partial charge in [-0.1, -0.05) is 6.42 Å². The molecule has 3 nitrogen and oxygen atoms in total. The number of rotatable bonds is 4. The van der Waals surface area contributed by atoms with Crippen LogP contribution < -0.4 is 10.6 Å². The van der Waals surface area contributed by atoms with E-state index in [0.29, 0.717) is 12.1 Å². The molecule has 3 rings (SSSR count). The molecular formula is C14H23N3S. The number of aromatic nitrogens is 1. The first-order valence-corrected chi connectivity index (χ1v) is 8.11. The number of nitrogens with zero attached hydrogens (tertiary/aromatic N) is 1. The van der Waals surface area contributed by atoms with Crippen molar-refractivity contribution >= 4 is 11.3 Å². The monoisotopic (exact) mass is 265 g/mol. The van der Waals surface area contributed by atoms with Gasteiger partial charge in [-0.05, 0) is 45.1 Å². The lowest BCUT2D eigenvalue weighted by Crippen LogP contribution is -2.42. The molecule has 18 heavy (non-hydrogen) atoms. The molecule has 0 spiro atoms. The molecule has 0 amide bonds. The van der Waals surface area contributed by atoms with E-state index < -0.39 is 0 Å². The highest BCUT2D eigenvalue weighted by Crippen LogP contribution is 2.33. The maximum atomic E-state index is 4.42. The van der Waals surface area contributed by atoms with E-state index in [2.05, 4.69) is 27.9 Å². The van der Waals surface area contributed by atoms with E-state index in [9.17, 15) is 0 Å². The molecule has 1 aromatic heterocycles. The summed E-state index contributed by atoms with van der Waals surface area (Å²) in [5.41, 5.74) is 0. The Labute approximate surface area is 113 Å². The van der Waals surface area contributed by atoms with Gasteiger partial charge in [-0.15, -0.1) is 11.3 Å². The van der Waals surface area contributed by atoms with Crippen LogP contribution in [-0.2, 0) is 0 Å². The lowest BCUT2D eigenvalue weighted by atomic mass is 9.93. The normalized spacial score (nSPS) is 33.9. The summed E-state index contributed by atoms with van der Waals surface area (Å²) in [6, 6.07) is 1.84. The largest absolute Gasteiger partial charge is 0.314 e. The van der Waals surface area contributed by atoms with E-state index in [-0.39, 0.29) is 0 Å². The molecule has 4 atom stereocenters. The zero-order chi connectivity index (χ0) is 12.4. The van der Waals surface area contributed by atoms with E-state index in [1.54, 1.807) is 11.3 Å². The molecule has 1 aromatic rings. The molecule has 1 aliphatic carbocycles. The van der Waals surface area contributed by atoms with Crippen molar-refractivity contribution in [2.24, 2.45) is 5.92 Å². The Balaban J connectivity index is 1.60. The lowest BCUT2D eigenvalue weighted by molar-refractivity contribution is 0.303. The first-order chi connectivity index (χ1) is 8.84. The van der Waals surface area contributed by atoms with Crippen molar-refractivity contribution in [2.75, 3.05) is 6.54 Å². The van der Waals surface area contributed by atoms with E-state index in [0.717, 1.165) is 12.0 Å². The van der Waals surface area contributed by atoms with Crippen LogP contribution >= 0.6 is 11.3 Å². The highest BCUT2D eigenvalue weighted by molar-refractivity contribution is 7.09. The third kappa shape index (κ3) is 2.60. The summed E-state index contributed by atoms with van der Waals surface area (Å²) in [5, 5.41) is 10.8. The minimum absolute atomic E-state index is 0.400. The Morgan fingerprint density at radius 2 is 2.33 bits per heavy atom. The summed E-state index contributed by atoms with van der Waals surface area (Å²) in [6.45, 7) is 3.46. The molecule has 2 N–H and O–H groups in total. The van der Waals surface area contributed by atoms with Crippen LogP contribution in [0.4, 0.5) is 0 Å². The molecule has 2 aliphatic rings. The van der Waals surface area contributed by atoms with Crippen molar-refractivity contribution in [3.05, 3.63) is 16.6 Å². The van der Waals surface area contributed by atoms with Gasteiger partial charge in [0.25, 0.3) is 0 Å². The molecule has 2 heterocycles. The molecule has 100 valence electrons. The van der Waals surface area contributed by atoms with Crippen LogP contribution in [0.15, 0.2) is 11.6 Å². The van der Waals surface area contributed by atoms with Gasteiger partial charge in [-0.25, -0.2) is 4.98 Å². The van der Waals surface area contributed by atoms with Crippen LogP contribution in [0, 0.1) is 5.92 Å². The second-order valence-corrected chi connectivity index (χ2v) is 6.59. The summed E-state index contributed by atoms with van der Waals surface area (Å²) < 4.78 is 0. The standard InChI is InChI=1S/C14H23N3S/c1-10(14-16-8-9-18-14)17-13-5-2-4-11(13)12-6-3-7-15-12/h8-13,15,17H,2-7H2,1H3. The quantitative estimate of drug-likeness (QED) is 0.879. The first-order valence-electron chi connectivity index (χ1n) is 7.23. The Hall–Kier alpha value is -0.450. The van der Waals surface area contributed by atoms with Crippen molar-refractivity contribution in [2.45, 2.75) is 57.2 Å². The topological polar surface area (TPSA) is 37.0 Å². The molecule has 4 unspecified atom stereocenters. The molecule has 1 saturated carbocycles. The molecule has 1 aliphatic heterocycles. The van der Waals surface area contributed by atoms with Gasteiger partial charge in [0.15, 0.2) is 0 Å². The van der Waals surface area contributed by atoms with E-state index in [4.69, 9.17) is 0 Å². The Morgan fingerprint density at radius 1 is 1.39 bits per heavy atom.